The first-order chi connectivity index (χ1) is 10.1. The molecule has 1 unspecified atom stereocenters. The first-order valence-corrected chi connectivity index (χ1v) is 6.73. The summed E-state index contributed by atoms with van der Waals surface area (Å²) in [5.74, 6) is 1.98. The number of benzene rings is 2. The number of ether oxygens (including phenoxy) is 3. The van der Waals surface area contributed by atoms with E-state index in [1.807, 2.05) is 43.3 Å². The van der Waals surface area contributed by atoms with Crippen molar-refractivity contribution < 1.29 is 14.2 Å². The van der Waals surface area contributed by atoms with Gasteiger partial charge in [0.1, 0.15) is 17.2 Å². The predicted molar refractivity (Wildman–Crippen MR) is 83.3 cm³/mol. The number of rotatable bonds is 5. The Morgan fingerprint density at radius 1 is 0.905 bits per heavy atom. The van der Waals surface area contributed by atoms with E-state index in [0.717, 1.165) is 16.7 Å². The van der Waals surface area contributed by atoms with E-state index in [1.165, 1.54) is 0 Å². The molecule has 4 nitrogen and oxygen atoms in total. The molecule has 0 fully saturated rings. The Morgan fingerprint density at radius 2 is 1.48 bits per heavy atom. The van der Waals surface area contributed by atoms with Gasteiger partial charge in [-0.3, -0.25) is 0 Å². The third-order valence-corrected chi connectivity index (χ3v) is 3.59. The smallest absolute Gasteiger partial charge is 0.131 e. The van der Waals surface area contributed by atoms with Crippen LogP contribution in [0.4, 0.5) is 0 Å². The third kappa shape index (κ3) is 2.95. The standard InChI is InChI=1S/C17H21NO3/c1-11-7-5-6-8-13(11)17(18)16-14(20-3)9-12(19-2)10-15(16)21-4/h5-10,17H,18H2,1-4H3. The molecular weight excluding hydrogens is 266 g/mol. The normalized spacial score (nSPS) is 11.9. The zero-order valence-corrected chi connectivity index (χ0v) is 12.8. The molecule has 1 atom stereocenters. The van der Waals surface area contributed by atoms with Crippen molar-refractivity contribution in [3.8, 4) is 17.2 Å². The zero-order valence-electron chi connectivity index (χ0n) is 12.8. The molecule has 0 radical (unpaired) electrons. The highest BCUT2D eigenvalue weighted by Crippen LogP contribution is 2.40. The molecule has 0 aliphatic carbocycles. The summed E-state index contributed by atoms with van der Waals surface area (Å²) in [6, 6.07) is 11.3. The van der Waals surface area contributed by atoms with E-state index in [0.29, 0.717) is 17.2 Å². The fourth-order valence-corrected chi connectivity index (χ4v) is 2.43. The minimum Gasteiger partial charge on any atom is -0.496 e. The lowest BCUT2D eigenvalue weighted by atomic mass is 9.94. The van der Waals surface area contributed by atoms with Gasteiger partial charge < -0.3 is 19.9 Å². The molecule has 0 amide bonds. The van der Waals surface area contributed by atoms with Crippen molar-refractivity contribution >= 4 is 0 Å². The largest absolute Gasteiger partial charge is 0.496 e. The number of aryl methyl sites for hydroxylation is 1. The summed E-state index contributed by atoms with van der Waals surface area (Å²) in [5, 5.41) is 0. The summed E-state index contributed by atoms with van der Waals surface area (Å²) in [6.07, 6.45) is 0. The van der Waals surface area contributed by atoms with E-state index in [2.05, 4.69) is 0 Å². The Hall–Kier alpha value is -2.20. The summed E-state index contributed by atoms with van der Waals surface area (Å²) in [5.41, 5.74) is 9.45. The predicted octanol–water partition coefficient (Wildman–Crippen LogP) is 3.07. The van der Waals surface area contributed by atoms with E-state index in [9.17, 15) is 0 Å². The lowest BCUT2D eigenvalue weighted by Crippen LogP contribution is -2.15. The Balaban J connectivity index is 2.59. The summed E-state index contributed by atoms with van der Waals surface area (Å²) in [4.78, 5) is 0. The van der Waals surface area contributed by atoms with Crippen LogP contribution in [0.3, 0.4) is 0 Å². The molecule has 0 aliphatic rings. The van der Waals surface area contributed by atoms with Crippen molar-refractivity contribution in [2.75, 3.05) is 21.3 Å². The number of nitrogens with two attached hydrogens (primary N) is 1. The van der Waals surface area contributed by atoms with E-state index in [-0.39, 0.29) is 6.04 Å². The molecule has 0 aliphatic heterocycles. The van der Waals surface area contributed by atoms with Crippen LogP contribution in [0.1, 0.15) is 22.7 Å². The van der Waals surface area contributed by atoms with Gasteiger partial charge in [-0.2, -0.15) is 0 Å². The first kappa shape index (κ1) is 15.2. The van der Waals surface area contributed by atoms with E-state index >= 15 is 0 Å². The van der Waals surface area contributed by atoms with Crippen LogP contribution in [0.15, 0.2) is 36.4 Å². The van der Waals surface area contributed by atoms with Crippen molar-refractivity contribution in [2.24, 2.45) is 5.73 Å². The third-order valence-electron chi connectivity index (χ3n) is 3.59. The van der Waals surface area contributed by atoms with Crippen LogP contribution < -0.4 is 19.9 Å². The molecule has 0 saturated carbocycles. The summed E-state index contributed by atoms with van der Waals surface area (Å²) in [7, 11) is 4.83. The van der Waals surface area contributed by atoms with Crippen LogP contribution in [0, 0.1) is 6.92 Å². The molecule has 0 spiro atoms. The van der Waals surface area contributed by atoms with Crippen molar-refractivity contribution in [3.63, 3.8) is 0 Å². The Bertz CT molecular complexity index is 600. The van der Waals surface area contributed by atoms with Gasteiger partial charge in [0.15, 0.2) is 0 Å². The van der Waals surface area contributed by atoms with E-state index in [4.69, 9.17) is 19.9 Å². The second kappa shape index (κ2) is 6.50. The van der Waals surface area contributed by atoms with Crippen LogP contribution in [-0.2, 0) is 0 Å². The van der Waals surface area contributed by atoms with Gasteiger partial charge >= 0.3 is 0 Å². The molecule has 0 aromatic heterocycles. The monoisotopic (exact) mass is 287 g/mol. The number of methoxy groups -OCH3 is 3. The summed E-state index contributed by atoms with van der Waals surface area (Å²) >= 11 is 0. The Morgan fingerprint density at radius 3 is 1.95 bits per heavy atom. The average molecular weight is 287 g/mol. The van der Waals surface area contributed by atoms with Crippen LogP contribution in [0.2, 0.25) is 0 Å². The average Bonchev–Trinajstić information content (AvgIpc) is 2.53. The maximum atomic E-state index is 6.46. The van der Waals surface area contributed by atoms with Gasteiger partial charge in [-0.25, -0.2) is 0 Å². The molecule has 4 heteroatoms. The second-order valence-electron chi connectivity index (χ2n) is 4.78. The lowest BCUT2D eigenvalue weighted by Gasteiger charge is -2.21. The molecule has 2 rings (SSSR count). The minimum atomic E-state index is -0.331. The van der Waals surface area contributed by atoms with Crippen LogP contribution in [0.5, 0.6) is 17.2 Å². The Kier molecular flexibility index (Phi) is 4.70. The zero-order chi connectivity index (χ0) is 15.4. The SMILES string of the molecule is COc1cc(OC)c(C(N)c2ccccc2C)c(OC)c1. The molecule has 21 heavy (non-hydrogen) atoms. The van der Waals surface area contributed by atoms with Crippen molar-refractivity contribution in [1.82, 2.24) is 0 Å². The quantitative estimate of drug-likeness (QED) is 0.918. The van der Waals surface area contributed by atoms with E-state index < -0.39 is 0 Å². The highest BCUT2D eigenvalue weighted by molar-refractivity contribution is 5.55. The highest BCUT2D eigenvalue weighted by Gasteiger charge is 2.22. The van der Waals surface area contributed by atoms with Crippen LogP contribution in [-0.4, -0.2) is 21.3 Å². The lowest BCUT2D eigenvalue weighted by molar-refractivity contribution is 0.366. The van der Waals surface area contributed by atoms with Gasteiger partial charge in [-0.05, 0) is 18.1 Å². The van der Waals surface area contributed by atoms with Gasteiger partial charge in [0.05, 0.1) is 32.9 Å². The molecular formula is C17H21NO3. The summed E-state index contributed by atoms with van der Waals surface area (Å²) < 4.78 is 16.2. The van der Waals surface area contributed by atoms with Crippen molar-refractivity contribution in [3.05, 3.63) is 53.1 Å². The van der Waals surface area contributed by atoms with E-state index in [1.54, 1.807) is 21.3 Å². The topological polar surface area (TPSA) is 53.7 Å². The maximum absolute atomic E-state index is 6.46. The molecule has 2 aromatic rings. The van der Waals surface area contributed by atoms with Gasteiger partial charge in [-0.15, -0.1) is 0 Å². The maximum Gasteiger partial charge on any atom is 0.131 e. The second-order valence-corrected chi connectivity index (χ2v) is 4.78. The fourth-order valence-electron chi connectivity index (χ4n) is 2.43. The first-order valence-electron chi connectivity index (χ1n) is 6.73. The molecule has 0 bridgehead atoms. The van der Waals surface area contributed by atoms with Gasteiger partial charge in [0.2, 0.25) is 0 Å². The minimum absolute atomic E-state index is 0.331. The molecule has 2 aromatic carbocycles. The number of hydrogen-bond acceptors (Lipinski definition) is 4. The molecule has 2 N–H and O–H groups in total. The summed E-state index contributed by atoms with van der Waals surface area (Å²) in [6.45, 7) is 2.04. The molecule has 112 valence electrons. The van der Waals surface area contributed by atoms with Gasteiger partial charge in [0, 0.05) is 12.1 Å². The highest BCUT2D eigenvalue weighted by atomic mass is 16.5. The van der Waals surface area contributed by atoms with Gasteiger partial charge in [-0.1, -0.05) is 24.3 Å². The van der Waals surface area contributed by atoms with Crippen LogP contribution >= 0.6 is 0 Å². The molecule has 0 heterocycles. The van der Waals surface area contributed by atoms with Gasteiger partial charge in [0.25, 0.3) is 0 Å². The van der Waals surface area contributed by atoms with Crippen molar-refractivity contribution in [1.29, 1.82) is 0 Å². The van der Waals surface area contributed by atoms with Crippen molar-refractivity contribution in [2.45, 2.75) is 13.0 Å². The van der Waals surface area contributed by atoms with Crippen LogP contribution in [0.25, 0.3) is 0 Å². The Labute approximate surface area is 125 Å². The fraction of sp³-hybridized carbons (Fsp3) is 0.294. The number of hydrogen-bond donors (Lipinski definition) is 1. The molecule has 0 saturated heterocycles.